The molecule has 1 saturated heterocycles. The Morgan fingerprint density at radius 1 is 1.25 bits per heavy atom. The number of nitrogens with zero attached hydrogens (tertiary/aromatic N) is 3. The summed E-state index contributed by atoms with van der Waals surface area (Å²) >= 11 is 1.60. The van der Waals surface area contributed by atoms with Crippen molar-refractivity contribution in [2.75, 3.05) is 18.4 Å². The largest absolute Gasteiger partial charge is 0.338 e. The van der Waals surface area contributed by atoms with Crippen LogP contribution in [0.2, 0.25) is 0 Å². The molecule has 3 heterocycles. The van der Waals surface area contributed by atoms with Gasteiger partial charge in [0.15, 0.2) is 0 Å². The Balaban J connectivity index is 1.29. The van der Waals surface area contributed by atoms with Crippen molar-refractivity contribution in [1.82, 2.24) is 15.0 Å². The molecule has 0 saturated carbocycles. The third kappa shape index (κ3) is 4.31. The minimum Gasteiger partial charge on any atom is -0.338 e. The smallest absolute Gasteiger partial charge is 0.241 e. The van der Waals surface area contributed by atoms with Crippen LogP contribution in [0.1, 0.15) is 31.2 Å². The van der Waals surface area contributed by atoms with Crippen LogP contribution in [0.3, 0.4) is 0 Å². The van der Waals surface area contributed by atoms with Gasteiger partial charge in [0.2, 0.25) is 17.6 Å². The van der Waals surface area contributed by atoms with E-state index in [-0.39, 0.29) is 11.8 Å². The summed E-state index contributed by atoms with van der Waals surface area (Å²) in [4.78, 5) is 20.4. The first-order valence-electron chi connectivity index (χ1n) is 9.70. The fraction of sp³-hybridized carbons (Fsp3) is 0.381. The van der Waals surface area contributed by atoms with Crippen LogP contribution in [0.4, 0.5) is 5.69 Å². The molecule has 0 bridgehead atoms. The molecule has 0 aliphatic carbocycles. The fourth-order valence-electron chi connectivity index (χ4n) is 3.55. The van der Waals surface area contributed by atoms with E-state index in [1.165, 1.54) is 5.56 Å². The molecule has 0 radical (unpaired) electrons. The number of benzene rings is 1. The van der Waals surface area contributed by atoms with Crippen LogP contribution in [0, 0.1) is 5.92 Å². The second-order valence-corrected chi connectivity index (χ2v) is 7.99. The van der Waals surface area contributed by atoms with Gasteiger partial charge in [0, 0.05) is 11.6 Å². The van der Waals surface area contributed by atoms with Crippen LogP contribution in [0.15, 0.2) is 46.3 Å². The van der Waals surface area contributed by atoms with Crippen molar-refractivity contribution in [3.05, 3.63) is 53.2 Å². The number of carbonyl (C=O) groups is 1. The first-order valence-corrected chi connectivity index (χ1v) is 10.6. The maximum Gasteiger partial charge on any atom is 0.241 e. The zero-order valence-electron chi connectivity index (χ0n) is 15.9. The summed E-state index contributed by atoms with van der Waals surface area (Å²) in [5.41, 5.74) is 2.11. The van der Waals surface area contributed by atoms with E-state index in [4.69, 9.17) is 4.52 Å². The number of amides is 1. The summed E-state index contributed by atoms with van der Waals surface area (Å²) in [6.07, 6.45) is 2.59. The quantitative estimate of drug-likeness (QED) is 0.676. The number of thiophene rings is 1. The van der Waals surface area contributed by atoms with Gasteiger partial charge in [-0.15, -0.1) is 11.3 Å². The summed E-state index contributed by atoms with van der Waals surface area (Å²) in [7, 11) is 0. The highest BCUT2D eigenvalue weighted by Gasteiger charge is 2.26. The van der Waals surface area contributed by atoms with E-state index in [9.17, 15) is 4.79 Å². The first kappa shape index (κ1) is 18.8. The Hall–Kier alpha value is -2.51. The van der Waals surface area contributed by atoms with E-state index in [1.54, 1.807) is 11.3 Å². The molecule has 3 aromatic rings. The van der Waals surface area contributed by atoms with Crippen LogP contribution in [0.25, 0.3) is 10.7 Å². The lowest BCUT2D eigenvalue weighted by molar-refractivity contribution is -0.121. The minimum absolute atomic E-state index is 0.0468. The molecule has 1 aliphatic rings. The Morgan fingerprint density at radius 2 is 2.07 bits per heavy atom. The fourth-order valence-corrected chi connectivity index (χ4v) is 4.20. The van der Waals surface area contributed by atoms with Gasteiger partial charge in [0.05, 0.1) is 11.4 Å². The Labute approximate surface area is 168 Å². The van der Waals surface area contributed by atoms with Crippen LogP contribution in [0.5, 0.6) is 0 Å². The summed E-state index contributed by atoms with van der Waals surface area (Å²) < 4.78 is 5.39. The molecule has 1 amide bonds. The molecule has 1 aromatic carbocycles. The standard InChI is InChI=1S/C21H24N4O2S/c1-2-15-6-3-4-7-17(15)22-21(26)16-9-11-25(12-10-16)14-19-23-20(24-27-19)18-8-5-13-28-18/h3-8,13,16H,2,9-12,14H2,1H3,(H,22,26). The lowest BCUT2D eigenvalue weighted by Gasteiger charge is -2.30. The molecule has 1 N–H and O–H groups in total. The molecular formula is C21H24N4O2S. The summed E-state index contributed by atoms with van der Waals surface area (Å²) in [5, 5.41) is 9.18. The van der Waals surface area contributed by atoms with Crippen LogP contribution < -0.4 is 5.32 Å². The van der Waals surface area contributed by atoms with Gasteiger partial charge < -0.3 is 9.84 Å². The van der Waals surface area contributed by atoms with Gasteiger partial charge in [-0.25, -0.2) is 0 Å². The third-order valence-electron chi connectivity index (χ3n) is 5.18. The van der Waals surface area contributed by atoms with E-state index in [2.05, 4.69) is 33.3 Å². The number of aryl methyl sites for hydroxylation is 1. The highest BCUT2D eigenvalue weighted by Crippen LogP contribution is 2.24. The summed E-state index contributed by atoms with van der Waals surface area (Å²) in [6.45, 7) is 4.44. The molecular weight excluding hydrogens is 372 g/mol. The van der Waals surface area contributed by atoms with E-state index in [0.717, 1.165) is 42.9 Å². The SMILES string of the molecule is CCc1ccccc1NC(=O)C1CCN(Cc2nc(-c3cccs3)no2)CC1. The molecule has 1 fully saturated rings. The first-order chi connectivity index (χ1) is 13.7. The number of aromatic nitrogens is 2. The monoisotopic (exact) mass is 396 g/mol. The van der Waals surface area contributed by atoms with E-state index in [0.29, 0.717) is 18.3 Å². The zero-order chi connectivity index (χ0) is 19.3. The predicted molar refractivity (Wildman–Crippen MR) is 110 cm³/mol. The molecule has 7 heteroatoms. The molecule has 0 atom stereocenters. The number of rotatable bonds is 6. The zero-order valence-corrected chi connectivity index (χ0v) is 16.7. The molecule has 4 rings (SSSR count). The van der Waals surface area contributed by atoms with Crippen LogP contribution in [-0.4, -0.2) is 34.0 Å². The van der Waals surface area contributed by atoms with Crippen molar-refractivity contribution in [3.8, 4) is 10.7 Å². The van der Waals surface area contributed by atoms with E-state index in [1.807, 2.05) is 35.7 Å². The van der Waals surface area contributed by atoms with Crippen molar-refractivity contribution in [1.29, 1.82) is 0 Å². The molecule has 146 valence electrons. The van der Waals surface area contributed by atoms with Gasteiger partial charge >= 0.3 is 0 Å². The third-order valence-corrected chi connectivity index (χ3v) is 6.05. The van der Waals surface area contributed by atoms with Crippen molar-refractivity contribution in [2.45, 2.75) is 32.7 Å². The van der Waals surface area contributed by atoms with Crippen molar-refractivity contribution in [3.63, 3.8) is 0 Å². The van der Waals surface area contributed by atoms with Gasteiger partial charge in [-0.2, -0.15) is 4.98 Å². The maximum atomic E-state index is 12.7. The Bertz CT molecular complexity index is 914. The molecule has 2 aromatic heterocycles. The van der Waals surface area contributed by atoms with Crippen molar-refractivity contribution < 1.29 is 9.32 Å². The second-order valence-electron chi connectivity index (χ2n) is 7.04. The Kier molecular flexibility index (Phi) is 5.83. The number of hydrogen-bond donors (Lipinski definition) is 1. The van der Waals surface area contributed by atoms with E-state index < -0.39 is 0 Å². The molecule has 28 heavy (non-hydrogen) atoms. The topological polar surface area (TPSA) is 71.3 Å². The number of piperidine rings is 1. The average Bonchev–Trinajstić information content (AvgIpc) is 3.41. The van der Waals surface area contributed by atoms with Gasteiger partial charge in [-0.3, -0.25) is 9.69 Å². The number of hydrogen-bond acceptors (Lipinski definition) is 6. The van der Waals surface area contributed by atoms with Gasteiger partial charge in [-0.05, 0) is 55.4 Å². The minimum atomic E-state index is 0.0468. The molecule has 0 spiro atoms. The van der Waals surface area contributed by atoms with E-state index >= 15 is 0 Å². The number of anilines is 1. The normalized spacial score (nSPS) is 15.6. The summed E-state index contributed by atoms with van der Waals surface area (Å²) in [5.74, 6) is 1.45. The van der Waals surface area contributed by atoms with Crippen LogP contribution >= 0.6 is 11.3 Å². The molecule has 0 unspecified atom stereocenters. The summed E-state index contributed by atoms with van der Waals surface area (Å²) in [6, 6.07) is 12.0. The number of carbonyl (C=O) groups excluding carboxylic acids is 1. The molecule has 6 nitrogen and oxygen atoms in total. The van der Waals surface area contributed by atoms with Crippen molar-refractivity contribution in [2.24, 2.45) is 5.92 Å². The van der Waals surface area contributed by atoms with Gasteiger partial charge in [0.25, 0.3) is 0 Å². The second kappa shape index (κ2) is 8.67. The number of likely N-dealkylation sites (tertiary alicyclic amines) is 1. The number of nitrogens with one attached hydrogen (secondary N) is 1. The highest BCUT2D eigenvalue weighted by atomic mass is 32.1. The van der Waals surface area contributed by atoms with Gasteiger partial charge in [-0.1, -0.05) is 36.3 Å². The van der Waals surface area contributed by atoms with Crippen LogP contribution in [-0.2, 0) is 17.8 Å². The average molecular weight is 397 g/mol. The predicted octanol–water partition coefficient (Wildman–Crippen LogP) is 4.21. The van der Waals surface area contributed by atoms with Gasteiger partial charge in [0.1, 0.15) is 0 Å². The number of para-hydroxylation sites is 1. The lowest BCUT2D eigenvalue weighted by Crippen LogP contribution is -2.37. The maximum absolute atomic E-state index is 12.7. The Morgan fingerprint density at radius 3 is 2.82 bits per heavy atom. The van der Waals surface area contributed by atoms with Crippen molar-refractivity contribution >= 4 is 22.9 Å². The highest BCUT2D eigenvalue weighted by molar-refractivity contribution is 7.13. The molecule has 1 aliphatic heterocycles. The lowest BCUT2D eigenvalue weighted by atomic mass is 9.95.